The summed E-state index contributed by atoms with van der Waals surface area (Å²) in [5, 5.41) is 6.64. The highest BCUT2D eigenvalue weighted by Gasteiger charge is 2.10. The van der Waals surface area contributed by atoms with Gasteiger partial charge in [0.25, 0.3) is 0 Å². The molecule has 1 aromatic heterocycles. The quantitative estimate of drug-likeness (QED) is 0.802. The average Bonchev–Trinajstić information content (AvgIpc) is 2.69. The topological polar surface area (TPSA) is 24.9 Å². The lowest BCUT2D eigenvalue weighted by atomic mass is 10.2. The first-order valence-electron chi connectivity index (χ1n) is 5.20. The van der Waals surface area contributed by atoms with Crippen molar-refractivity contribution in [3.05, 3.63) is 43.2 Å². The second-order valence-electron chi connectivity index (χ2n) is 3.78. The van der Waals surface area contributed by atoms with Gasteiger partial charge >= 0.3 is 0 Å². The van der Waals surface area contributed by atoms with E-state index >= 15 is 0 Å². The summed E-state index contributed by atoms with van der Waals surface area (Å²) in [5.41, 5.74) is 2.16. The fraction of sp³-hybridized carbons (Fsp3) is 0.250. The monoisotopic (exact) mass is 374 g/mol. The lowest BCUT2D eigenvalue weighted by Crippen LogP contribution is -2.07. The molecule has 0 spiro atoms. The third-order valence-corrected chi connectivity index (χ3v) is 4.32. The van der Waals surface area contributed by atoms with Crippen molar-refractivity contribution in [1.29, 1.82) is 0 Å². The van der Waals surface area contributed by atoms with Gasteiger partial charge in [0.2, 0.25) is 0 Å². The van der Waals surface area contributed by atoms with Crippen LogP contribution in [0.4, 0.5) is 5.69 Å². The molecule has 0 amide bonds. The Bertz CT molecular complexity index is 525. The SMILES string of the molecule is Cc1nc(C(C)Nc2ccc(Br)cc2Br)cs1. The molecule has 0 aliphatic rings. The van der Waals surface area contributed by atoms with Gasteiger partial charge in [-0.2, -0.15) is 0 Å². The summed E-state index contributed by atoms with van der Waals surface area (Å²) in [4.78, 5) is 4.49. The molecule has 5 heteroatoms. The molecule has 0 fully saturated rings. The minimum absolute atomic E-state index is 0.206. The van der Waals surface area contributed by atoms with Crippen molar-refractivity contribution in [2.75, 3.05) is 5.32 Å². The summed E-state index contributed by atoms with van der Waals surface area (Å²) < 4.78 is 2.11. The van der Waals surface area contributed by atoms with Gasteiger partial charge < -0.3 is 5.32 Å². The Balaban J connectivity index is 2.15. The van der Waals surface area contributed by atoms with Gasteiger partial charge in [0.15, 0.2) is 0 Å². The van der Waals surface area contributed by atoms with Crippen LogP contribution in [0, 0.1) is 6.92 Å². The van der Waals surface area contributed by atoms with Crippen molar-refractivity contribution in [3.63, 3.8) is 0 Å². The lowest BCUT2D eigenvalue weighted by molar-refractivity contribution is 0.844. The summed E-state index contributed by atoms with van der Waals surface area (Å²) in [7, 11) is 0. The molecule has 1 aromatic carbocycles. The van der Waals surface area contributed by atoms with E-state index < -0.39 is 0 Å². The van der Waals surface area contributed by atoms with Crippen molar-refractivity contribution in [2.24, 2.45) is 0 Å². The number of halogens is 2. The van der Waals surface area contributed by atoms with Crippen LogP contribution in [0.1, 0.15) is 23.7 Å². The summed E-state index contributed by atoms with van der Waals surface area (Å²) in [5.74, 6) is 0. The molecule has 0 radical (unpaired) electrons. The van der Waals surface area contributed by atoms with E-state index in [1.165, 1.54) is 0 Å². The summed E-state index contributed by atoms with van der Waals surface area (Å²) >= 11 is 8.66. The fourth-order valence-corrected chi connectivity index (χ4v) is 3.36. The molecule has 2 nitrogen and oxygen atoms in total. The first-order chi connectivity index (χ1) is 8.06. The Kier molecular flexibility index (Phi) is 4.22. The average molecular weight is 376 g/mol. The predicted molar refractivity (Wildman–Crippen MR) is 80.7 cm³/mol. The zero-order valence-electron chi connectivity index (χ0n) is 9.50. The molecule has 2 rings (SSSR count). The Hall–Kier alpha value is -0.390. The molecule has 0 saturated heterocycles. The van der Waals surface area contributed by atoms with Crippen LogP contribution in [0.2, 0.25) is 0 Å². The van der Waals surface area contributed by atoms with Crippen molar-refractivity contribution >= 4 is 48.9 Å². The van der Waals surface area contributed by atoms with Gasteiger partial charge in [-0.15, -0.1) is 11.3 Å². The number of rotatable bonds is 3. The summed E-state index contributed by atoms with van der Waals surface area (Å²) in [6.07, 6.45) is 0. The highest BCUT2D eigenvalue weighted by atomic mass is 79.9. The van der Waals surface area contributed by atoms with Crippen LogP contribution in [0.25, 0.3) is 0 Å². The first-order valence-corrected chi connectivity index (χ1v) is 7.66. The van der Waals surface area contributed by atoms with E-state index in [4.69, 9.17) is 0 Å². The third kappa shape index (κ3) is 3.30. The molecule has 1 atom stereocenters. The van der Waals surface area contributed by atoms with Crippen molar-refractivity contribution < 1.29 is 0 Å². The van der Waals surface area contributed by atoms with Crippen LogP contribution in [0.15, 0.2) is 32.5 Å². The molecule has 2 aromatic rings. The number of benzene rings is 1. The standard InChI is InChI=1S/C12H12Br2N2S/c1-7(12-6-17-8(2)16-12)15-11-4-3-9(13)5-10(11)14/h3-7,15H,1-2H3. The number of aromatic nitrogens is 1. The van der Waals surface area contributed by atoms with Gasteiger partial charge in [0, 0.05) is 20.0 Å². The molecule has 0 aliphatic carbocycles. The van der Waals surface area contributed by atoms with Crippen LogP contribution < -0.4 is 5.32 Å². The van der Waals surface area contributed by atoms with Crippen LogP contribution >= 0.6 is 43.2 Å². The predicted octanol–water partition coefficient (Wildman–Crippen LogP) is 5.15. The molecule has 1 heterocycles. The molecule has 0 saturated carbocycles. The van der Waals surface area contributed by atoms with Gasteiger partial charge in [-0.05, 0) is 48.0 Å². The number of aryl methyl sites for hydroxylation is 1. The van der Waals surface area contributed by atoms with Crippen molar-refractivity contribution in [3.8, 4) is 0 Å². The van der Waals surface area contributed by atoms with E-state index in [0.717, 1.165) is 25.3 Å². The van der Waals surface area contributed by atoms with Gasteiger partial charge in [-0.25, -0.2) is 4.98 Å². The Morgan fingerprint density at radius 1 is 1.35 bits per heavy atom. The molecule has 0 aliphatic heterocycles. The van der Waals surface area contributed by atoms with E-state index in [0.29, 0.717) is 0 Å². The van der Waals surface area contributed by atoms with Crippen LogP contribution in [0.3, 0.4) is 0 Å². The molecular weight excluding hydrogens is 364 g/mol. The zero-order valence-corrected chi connectivity index (χ0v) is 13.5. The number of hydrogen-bond acceptors (Lipinski definition) is 3. The van der Waals surface area contributed by atoms with Gasteiger partial charge in [-0.3, -0.25) is 0 Å². The molecule has 0 bridgehead atoms. The van der Waals surface area contributed by atoms with E-state index in [-0.39, 0.29) is 6.04 Å². The van der Waals surface area contributed by atoms with Crippen LogP contribution in [-0.2, 0) is 0 Å². The third-order valence-electron chi connectivity index (χ3n) is 2.38. The maximum absolute atomic E-state index is 4.49. The fourth-order valence-electron chi connectivity index (χ4n) is 1.49. The highest BCUT2D eigenvalue weighted by molar-refractivity contribution is 9.11. The number of hydrogen-bond donors (Lipinski definition) is 1. The van der Waals surface area contributed by atoms with Gasteiger partial charge in [0.05, 0.1) is 16.7 Å². The first kappa shape index (κ1) is 13.1. The Morgan fingerprint density at radius 3 is 2.71 bits per heavy atom. The molecule has 1 N–H and O–H groups in total. The zero-order chi connectivity index (χ0) is 12.4. The van der Waals surface area contributed by atoms with E-state index in [2.05, 4.69) is 54.5 Å². The summed E-state index contributed by atoms with van der Waals surface area (Å²) in [6, 6.07) is 6.30. The summed E-state index contributed by atoms with van der Waals surface area (Å²) in [6.45, 7) is 4.14. The lowest BCUT2D eigenvalue weighted by Gasteiger charge is -2.14. The van der Waals surface area contributed by atoms with E-state index in [9.17, 15) is 0 Å². The Morgan fingerprint density at radius 2 is 2.12 bits per heavy atom. The maximum atomic E-state index is 4.49. The minimum atomic E-state index is 0.206. The number of thiazole rings is 1. The number of anilines is 1. The normalized spacial score (nSPS) is 12.5. The molecular formula is C12H12Br2N2S. The smallest absolute Gasteiger partial charge is 0.0898 e. The number of nitrogens with zero attached hydrogens (tertiary/aromatic N) is 1. The number of nitrogens with one attached hydrogen (secondary N) is 1. The van der Waals surface area contributed by atoms with Crippen molar-refractivity contribution in [1.82, 2.24) is 4.98 Å². The molecule has 17 heavy (non-hydrogen) atoms. The largest absolute Gasteiger partial charge is 0.376 e. The molecule has 90 valence electrons. The van der Waals surface area contributed by atoms with Crippen molar-refractivity contribution in [2.45, 2.75) is 19.9 Å². The Labute approximate surface area is 122 Å². The van der Waals surface area contributed by atoms with Gasteiger partial charge in [0.1, 0.15) is 0 Å². The van der Waals surface area contributed by atoms with Gasteiger partial charge in [-0.1, -0.05) is 15.9 Å². The maximum Gasteiger partial charge on any atom is 0.0898 e. The second-order valence-corrected chi connectivity index (χ2v) is 6.61. The molecule has 1 unspecified atom stereocenters. The highest BCUT2D eigenvalue weighted by Crippen LogP contribution is 2.29. The van der Waals surface area contributed by atoms with Crippen LogP contribution in [-0.4, -0.2) is 4.98 Å². The second kappa shape index (κ2) is 5.50. The minimum Gasteiger partial charge on any atom is -0.376 e. The van der Waals surface area contributed by atoms with E-state index in [1.54, 1.807) is 11.3 Å². The van der Waals surface area contributed by atoms with Crippen LogP contribution in [0.5, 0.6) is 0 Å². The van der Waals surface area contributed by atoms with E-state index in [1.807, 2.05) is 25.1 Å².